The summed E-state index contributed by atoms with van der Waals surface area (Å²) in [7, 11) is 0. The van der Waals surface area contributed by atoms with Gasteiger partial charge >= 0.3 is 12.1 Å². The minimum absolute atomic E-state index is 0.138. The van der Waals surface area contributed by atoms with E-state index in [0.717, 1.165) is 57.5 Å². The van der Waals surface area contributed by atoms with Crippen LogP contribution in [0.1, 0.15) is 44.6 Å². The van der Waals surface area contributed by atoms with Crippen molar-refractivity contribution in [2.75, 3.05) is 32.8 Å². The molecule has 5 rings (SSSR count). The van der Waals surface area contributed by atoms with Gasteiger partial charge < -0.3 is 19.7 Å². The molecule has 1 saturated carbocycles. The lowest BCUT2D eigenvalue weighted by Gasteiger charge is -2.34. The van der Waals surface area contributed by atoms with Crippen molar-refractivity contribution in [1.82, 2.24) is 25.1 Å². The number of piperidine rings is 2. The predicted molar refractivity (Wildman–Crippen MR) is 133 cm³/mol. The highest BCUT2D eigenvalue weighted by molar-refractivity contribution is 5.83. The lowest BCUT2D eigenvalue weighted by Crippen LogP contribution is -2.47. The predicted octanol–water partition coefficient (Wildman–Crippen LogP) is 3.61. The summed E-state index contributed by atoms with van der Waals surface area (Å²) >= 11 is 0. The van der Waals surface area contributed by atoms with Crippen molar-refractivity contribution in [2.24, 2.45) is 11.3 Å². The molecule has 2 aliphatic heterocycles. The molecule has 2 aromatic rings. The molecule has 3 heterocycles. The van der Waals surface area contributed by atoms with E-state index in [1.807, 2.05) is 19.1 Å². The van der Waals surface area contributed by atoms with Crippen LogP contribution in [-0.4, -0.2) is 70.6 Å². The van der Waals surface area contributed by atoms with Gasteiger partial charge in [-0.3, -0.25) is 9.69 Å². The Morgan fingerprint density at radius 3 is 2.42 bits per heavy atom. The summed E-state index contributed by atoms with van der Waals surface area (Å²) in [5.41, 5.74) is 1.42. The number of carbonyl (C=O) groups excluding carboxylic acids is 2. The molecule has 36 heavy (non-hydrogen) atoms. The molecule has 1 aromatic heterocycles. The number of hydrogen-bond acceptors (Lipinski definition) is 7. The average molecular weight is 494 g/mol. The Kier molecular flexibility index (Phi) is 7.36. The molecule has 0 bridgehead atoms. The van der Waals surface area contributed by atoms with E-state index in [4.69, 9.17) is 9.47 Å². The third-order valence-corrected chi connectivity index (χ3v) is 7.81. The first-order valence-corrected chi connectivity index (χ1v) is 13.0. The zero-order valence-electron chi connectivity index (χ0n) is 20.9. The number of likely N-dealkylation sites (tertiary alicyclic amines) is 2. The number of amides is 2. The number of ether oxygens (including phenoxy) is 2. The monoisotopic (exact) mass is 493 g/mol. The quantitative estimate of drug-likeness (QED) is 0.629. The highest BCUT2D eigenvalue weighted by Crippen LogP contribution is 2.59. The summed E-state index contributed by atoms with van der Waals surface area (Å²) in [5.74, 6) is 1.07. The smallest absolute Gasteiger partial charge is 0.409 e. The molecule has 1 atom stereocenters. The Labute approximate surface area is 212 Å². The second-order valence-electron chi connectivity index (χ2n) is 10.1. The van der Waals surface area contributed by atoms with Gasteiger partial charge in [0.15, 0.2) is 0 Å². The molecule has 2 saturated heterocycles. The molecule has 1 aromatic carbocycles. The zero-order chi connectivity index (χ0) is 25.0. The van der Waals surface area contributed by atoms with E-state index in [0.29, 0.717) is 25.7 Å². The Morgan fingerprint density at radius 1 is 1.06 bits per heavy atom. The Balaban J connectivity index is 1.03. The highest BCUT2D eigenvalue weighted by atomic mass is 16.6. The first-order chi connectivity index (χ1) is 17.5. The molecule has 0 radical (unpaired) electrons. The number of rotatable bonds is 7. The fourth-order valence-corrected chi connectivity index (χ4v) is 5.52. The lowest BCUT2D eigenvalue weighted by atomic mass is 9.90. The molecular weight excluding hydrogens is 458 g/mol. The molecule has 9 heteroatoms. The molecule has 192 valence electrons. The van der Waals surface area contributed by atoms with E-state index in [1.54, 1.807) is 23.4 Å². The molecule has 1 unspecified atom stereocenters. The summed E-state index contributed by atoms with van der Waals surface area (Å²) in [6.45, 7) is 6.41. The van der Waals surface area contributed by atoms with Crippen molar-refractivity contribution < 1.29 is 19.1 Å². The fraction of sp³-hybridized carbons (Fsp3) is 0.556. The van der Waals surface area contributed by atoms with Crippen LogP contribution in [0.5, 0.6) is 11.8 Å². The summed E-state index contributed by atoms with van der Waals surface area (Å²) in [4.78, 5) is 37.2. The third-order valence-electron chi connectivity index (χ3n) is 7.81. The van der Waals surface area contributed by atoms with Crippen molar-refractivity contribution in [3.8, 4) is 11.8 Å². The van der Waals surface area contributed by atoms with Crippen LogP contribution in [0.3, 0.4) is 0 Å². The van der Waals surface area contributed by atoms with Crippen LogP contribution in [0.15, 0.2) is 42.7 Å². The molecule has 3 aliphatic rings. The lowest BCUT2D eigenvalue weighted by molar-refractivity contribution is -0.124. The maximum atomic E-state index is 12.9. The largest absolute Gasteiger partial charge is 0.450 e. The molecule has 1 spiro atoms. The summed E-state index contributed by atoms with van der Waals surface area (Å²) in [6.07, 6.45) is 7.79. The van der Waals surface area contributed by atoms with Crippen LogP contribution in [0, 0.1) is 11.3 Å². The zero-order valence-corrected chi connectivity index (χ0v) is 20.9. The van der Waals surface area contributed by atoms with Gasteiger partial charge in [-0.25, -0.2) is 14.8 Å². The standard InChI is InChI=1S/C27H35N5O4/c1-2-35-26(34)32-14-8-21(9-15-32)30-24(33)23-18-27(23)10-16-31(17-11-27)19-20-4-6-22(7-5-20)36-25-28-12-3-13-29-25/h3-7,12-13,21,23H,2,8-11,14-19H2,1H3,(H,30,33). The van der Waals surface area contributed by atoms with Crippen LogP contribution in [-0.2, 0) is 16.1 Å². The molecule has 9 nitrogen and oxygen atoms in total. The number of nitrogens with one attached hydrogen (secondary N) is 1. The summed E-state index contributed by atoms with van der Waals surface area (Å²) < 4.78 is 10.8. The van der Waals surface area contributed by atoms with Gasteiger partial charge in [-0.05, 0) is 81.3 Å². The van der Waals surface area contributed by atoms with E-state index < -0.39 is 0 Å². The maximum Gasteiger partial charge on any atom is 0.409 e. The first kappa shape index (κ1) is 24.5. The summed E-state index contributed by atoms with van der Waals surface area (Å²) in [5, 5.41) is 3.27. The number of carbonyl (C=O) groups is 2. The van der Waals surface area contributed by atoms with Crippen molar-refractivity contribution in [2.45, 2.75) is 51.6 Å². The van der Waals surface area contributed by atoms with Crippen LogP contribution < -0.4 is 10.1 Å². The number of nitrogens with zero attached hydrogens (tertiary/aromatic N) is 4. The normalized spacial score (nSPS) is 21.7. The van der Waals surface area contributed by atoms with E-state index in [1.165, 1.54) is 5.56 Å². The minimum atomic E-state index is -0.249. The van der Waals surface area contributed by atoms with Gasteiger partial charge in [-0.2, -0.15) is 0 Å². The van der Waals surface area contributed by atoms with Crippen LogP contribution in [0.25, 0.3) is 0 Å². The van der Waals surface area contributed by atoms with Crippen LogP contribution in [0.4, 0.5) is 4.79 Å². The van der Waals surface area contributed by atoms with Crippen LogP contribution in [0.2, 0.25) is 0 Å². The highest BCUT2D eigenvalue weighted by Gasteiger charge is 2.58. The number of hydrogen-bond donors (Lipinski definition) is 1. The molecule has 1 aliphatic carbocycles. The van der Waals surface area contributed by atoms with E-state index in [-0.39, 0.29) is 29.4 Å². The fourth-order valence-electron chi connectivity index (χ4n) is 5.52. The van der Waals surface area contributed by atoms with Gasteiger partial charge in [0.2, 0.25) is 5.91 Å². The van der Waals surface area contributed by atoms with Gasteiger partial charge in [0.25, 0.3) is 0 Å². The number of aromatic nitrogens is 2. The van der Waals surface area contributed by atoms with E-state index >= 15 is 0 Å². The van der Waals surface area contributed by atoms with Gasteiger partial charge in [0, 0.05) is 44.0 Å². The van der Waals surface area contributed by atoms with Gasteiger partial charge in [-0.15, -0.1) is 0 Å². The maximum absolute atomic E-state index is 12.9. The SMILES string of the molecule is CCOC(=O)N1CCC(NC(=O)C2CC23CCN(Cc2ccc(Oc4ncccn4)cc2)CC3)CC1. The van der Waals surface area contributed by atoms with Gasteiger partial charge in [0.05, 0.1) is 6.61 Å². The Hall–Kier alpha value is -3.20. The molecular formula is C27H35N5O4. The van der Waals surface area contributed by atoms with Crippen LogP contribution >= 0.6 is 0 Å². The van der Waals surface area contributed by atoms with Crippen molar-refractivity contribution in [3.05, 3.63) is 48.3 Å². The molecule has 3 fully saturated rings. The Bertz CT molecular complexity index is 1030. The van der Waals surface area contributed by atoms with E-state index in [2.05, 4.69) is 32.3 Å². The van der Waals surface area contributed by atoms with Crippen molar-refractivity contribution in [3.63, 3.8) is 0 Å². The number of benzene rings is 1. The molecule has 1 N–H and O–H groups in total. The second-order valence-corrected chi connectivity index (χ2v) is 10.1. The Morgan fingerprint density at radius 2 is 1.75 bits per heavy atom. The average Bonchev–Trinajstić information content (AvgIpc) is 3.61. The topological polar surface area (TPSA) is 96.9 Å². The van der Waals surface area contributed by atoms with Crippen molar-refractivity contribution in [1.29, 1.82) is 0 Å². The molecule has 2 amide bonds. The summed E-state index contributed by atoms with van der Waals surface area (Å²) in [6, 6.07) is 10.3. The third kappa shape index (κ3) is 5.78. The first-order valence-electron chi connectivity index (χ1n) is 13.0. The van der Waals surface area contributed by atoms with Gasteiger partial charge in [-0.1, -0.05) is 12.1 Å². The van der Waals surface area contributed by atoms with Gasteiger partial charge in [0.1, 0.15) is 5.75 Å². The van der Waals surface area contributed by atoms with E-state index in [9.17, 15) is 9.59 Å². The minimum Gasteiger partial charge on any atom is -0.450 e. The van der Waals surface area contributed by atoms with Crippen molar-refractivity contribution >= 4 is 12.0 Å². The second kappa shape index (κ2) is 10.8.